The summed E-state index contributed by atoms with van der Waals surface area (Å²) in [6, 6.07) is 19.0. The van der Waals surface area contributed by atoms with E-state index in [-0.39, 0.29) is 32.7 Å². The van der Waals surface area contributed by atoms with Crippen molar-refractivity contribution in [1.29, 1.82) is 0 Å². The van der Waals surface area contributed by atoms with Crippen LogP contribution in [0.4, 0.5) is 34.5 Å². The summed E-state index contributed by atoms with van der Waals surface area (Å²) >= 11 is 0. The molecule has 12 heteroatoms. The maximum Gasteiger partial charge on any atom is 0.212 e. The SMILES string of the molecule is CCN(CC)c1ccc(C=CC2=[N+](CCCC[N+]3=C(C=Cc4ccc(N(CC)CC)o4)C(C)(C)c4ccc(N(O)O)cc43)c3cc(N(O)O)ccc3C2(C)C)o1. The average Bonchev–Trinajstić information content (AvgIpc) is 3.93. The molecule has 2 aromatic heterocycles. The smallest absolute Gasteiger partial charge is 0.212 e. The Bertz CT molecular complexity index is 1990. The van der Waals surface area contributed by atoms with Crippen LogP contribution < -0.4 is 20.3 Å². The molecule has 0 unspecified atom stereocenters. The van der Waals surface area contributed by atoms with Crippen LogP contribution in [0.25, 0.3) is 12.2 Å². The number of rotatable bonds is 17. The van der Waals surface area contributed by atoms with E-state index in [1.807, 2.05) is 60.7 Å². The molecule has 56 heavy (non-hydrogen) atoms. The number of furan rings is 2. The normalized spacial score (nSPS) is 15.7. The van der Waals surface area contributed by atoms with Gasteiger partial charge in [-0.15, -0.1) is 10.5 Å². The number of hydrogen-bond acceptors (Lipinski definition) is 10. The first-order valence-corrected chi connectivity index (χ1v) is 19.7. The van der Waals surface area contributed by atoms with E-state index >= 15 is 0 Å². The molecule has 6 rings (SSSR count). The van der Waals surface area contributed by atoms with Gasteiger partial charge in [0, 0.05) is 86.6 Å². The molecule has 2 aromatic carbocycles. The fourth-order valence-electron chi connectivity index (χ4n) is 8.22. The summed E-state index contributed by atoms with van der Waals surface area (Å²) in [5.74, 6) is 3.20. The van der Waals surface area contributed by atoms with Crippen molar-refractivity contribution in [2.45, 2.75) is 79.1 Å². The molecule has 0 atom stereocenters. The molecule has 0 bridgehead atoms. The van der Waals surface area contributed by atoms with Gasteiger partial charge in [-0.3, -0.25) is 20.8 Å². The highest BCUT2D eigenvalue weighted by molar-refractivity contribution is 6.06. The number of benzene rings is 2. The van der Waals surface area contributed by atoms with E-state index in [2.05, 4.69) is 86.5 Å². The summed E-state index contributed by atoms with van der Waals surface area (Å²) in [6.07, 6.45) is 9.89. The third kappa shape index (κ3) is 7.79. The molecule has 0 amide bonds. The molecule has 0 saturated heterocycles. The lowest BCUT2D eigenvalue weighted by Gasteiger charge is -2.16. The summed E-state index contributed by atoms with van der Waals surface area (Å²) in [4.78, 5) is 4.35. The minimum atomic E-state index is -0.369. The molecule has 12 nitrogen and oxygen atoms in total. The molecular formula is C44H58N6O6+2. The minimum absolute atomic E-state index is 0.162. The van der Waals surface area contributed by atoms with Gasteiger partial charge in [0.25, 0.3) is 0 Å². The molecular weight excluding hydrogens is 709 g/mol. The first-order valence-electron chi connectivity index (χ1n) is 19.7. The van der Waals surface area contributed by atoms with Gasteiger partial charge >= 0.3 is 0 Å². The van der Waals surface area contributed by atoms with Crippen molar-refractivity contribution in [2.75, 3.05) is 59.5 Å². The van der Waals surface area contributed by atoms with Gasteiger partial charge in [0.05, 0.1) is 10.8 Å². The predicted molar refractivity (Wildman–Crippen MR) is 222 cm³/mol. The van der Waals surface area contributed by atoms with Crippen LogP contribution in [0.15, 0.2) is 81.7 Å². The molecule has 0 radical (unpaired) electrons. The highest BCUT2D eigenvalue weighted by atomic mass is 16.8. The zero-order valence-corrected chi connectivity index (χ0v) is 34.0. The van der Waals surface area contributed by atoms with Gasteiger partial charge in [-0.2, -0.15) is 9.15 Å². The lowest BCUT2D eigenvalue weighted by molar-refractivity contribution is -0.451. The third-order valence-corrected chi connectivity index (χ3v) is 11.4. The Morgan fingerprint density at radius 3 is 1.25 bits per heavy atom. The fourth-order valence-corrected chi connectivity index (χ4v) is 8.22. The van der Waals surface area contributed by atoms with Crippen LogP contribution in [-0.2, 0) is 10.8 Å². The van der Waals surface area contributed by atoms with Crippen molar-refractivity contribution in [1.82, 2.24) is 0 Å². The van der Waals surface area contributed by atoms with Crippen LogP contribution in [0.5, 0.6) is 0 Å². The van der Waals surface area contributed by atoms with Gasteiger partial charge in [-0.25, -0.2) is 0 Å². The van der Waals surface area contributed by atoms with Gasteiger partial charge in [-0.05, 0) is 104 Å². The average molecular weight is 767 g/mol. The Labute approximate surface area is 330 Å². The van der Waals surface area contributed by atoms with Gasteiger partial charge in [0.15, 0.2) is 23.2 Å². The van der Waals surface area contributed by atoms with Crippen LogP contribution in [0.3, 0.4) is 0 Å². The van der Waals surface area contributed by atoms with E-state index in [9.17, 15) is 20.8 Å². The fraction of sp³-hybridized carbons (Fsp3) is 0.409. The van der Waals surface area contributed by atoms with Crippen molar-refractivity contribution in [3.8, 4) is 0 Å². The topological polar surface area (TPSA) is 126 Å². The molecule has 0 saturated carbocycles. The Morgan fingerprint density at radius 1 is 0.536 bits per heavy atom. The van der Waals surface area contributed by atoms with Crippen molar-refractivity contribution in [2.24, 2.45) is 0 Å². The van der Waals surface area contributed by atoms with Gasteiger partial charge in [0.2, 0.25) is 11.4 Å². The number of anilines is 4. The number of unbranched alkanes of at least 4 members (excludes halogenated alkanes) is 1. The van der Waals surface area contributed by atoms with Gasteiger partial charge in [0.1, 0.15) is 36.0 Å². The van der Waals surface area contributed by atoms with Crippen molar-refractivity contribution in [3.63, 3.8) is 0 Å². The molecule has 2 aliphatic heterocycles. The third-order valence-electron chi connectivity index (χ3n) is 11.4. The van der Waals surface area contributed by atoms with E-state index in [1.54, 1.807) is 12.1 Å². The maximum absolute atomic E-state index is 9.96. The maximum atomic E-state index is 9.96. The number of hydrogen-bond donors (Lipinski definition) is 4. The van der Waals surface area contributed by atoms with Crippen LogP contribution in [0.2, 0.25) is 0 Å². The second-order valence-corrected chi connectivity index (χ2v) is 15.4. The minimum Gasteiger partial charge on any atom is -0.441 e. The van der Waals surface area contributed by atoms with Crippen LogP contribution in [0.1, 0.15) is 90.9 Å². The summed E-state index contributed by atoms with van der Waals surface area (Å²) in [7, 11) is 0. The Balaban J connectivity index is 1.32. The monoisotopic (exact) mass is 766 g/mol. The van der Waals surface area contributed by atoms with E-state index in [0.29, 0.717) is 13.1 Å². The van der Waals surface area contributed by atoms with Crippen molar-refractivity contribution < 1.29 is 38.8 Å². The van der Waals surface area contributed by atoms with Gasteiger partial charge < -0.3 is 18.6 Å². The number of nitrogens with zero attached hydrogens (tertiary/aromatic N) is 6. The van der Waals surface area contributed by atoms with E-state index in [4.69, 9.17) is 8.83 Å². The quantitative estimate of drug-likeness (QED) is 0.0469. The zero-order valence-electron chi connectivity index (χ0n) is 34.0. The molecule has 298 valence electrons. The molecule has 4 N–H and O–H groups in total. The summed E-state index contributed by atoms with van der Waals surface area (Å²) in [6.45, 7) is 22.0. The van der Waals surface area contributed by atoms with Crippen molar-refractivity contribution >= 4 is 58.1 Å². The second-order valence-electron chi connectivity index (χ2n) is 15.4. The summed E-state index contributed by atoms with van der Waals surface area (Å²) < 4.78 is 17.0. The molecule has 0 spiro atoms. The summed E-state index contributed by atoms with van der Waals surface area (Å²) in [5.41, 5.74) is 6.01. The molecule has 4 aromatic rings. The first kappa shape index (κ1) is 40.5. The van der Waals surface area contributed by atoms with E-state index in [0.717, 1.165) is 96.2 Å². The Kier molecular flexibility index (Phi) is 12.0. The highest BCUT2D eigenvalue weighted by Gasteiger charge is 2.46. The Hall–Kier alpha value is -5.14. The molecule has 4 heterocycles. The summed E-state index contributed by atoms with van der Waals surface area (Å²) in [5, 5.41) is 40.1. The lowest BCUT2D eigenvalue weighted by Crippen LogP contribution is -2.28. The largest absolute Gasteiger partial charge is 0.441 e. The second kappa shape index (κ2) is 16.5. The number of allylic oxidation sites excluding steroid dienone is 2. The van der Waals surface area contributed by atoms with Crippen LogP contribution in [-0.4, -0.2) is 80.7 Å². The van der Waals surface area contributed by atoms with E-state index < -0.39 is 0 Å². The van der Waals surface area contributed by atoms with E-state index in [1.165, 1.54) is 0 Å². The number of fused-ring (bicyclic) bond motifs is 2. The Morgan fingerprint density at radius 2 is 0.911 bits per heavy atom. The predicted octanol–water partition coefficient (Wildman–Crippen LogP) is 9.39. The standard InChI is InChI=1S/C44H58N6O6/c1-9-45(10-2)41-25-19-33(55-41)17-23-39-43(5,6)35-21-15-31(49(51)52)29-37(35)47(39)27-13-14-28-48-38-30-32(50(53)54)16-22-36(38)44(7,8)40(48)24-18-34-20-26-42(56-34)46(11-3)12-4/h15-26,29-30,51-54H,9-14,27-28H2,1-8H3/q+2. The van der Waals surface area contributed by atoms with Gasteiger partial charge in [-0.1, -0.05) is 0 Å². The molecule has 0 aliphatic carbocycles. The molecule has 2 aliphatic rings. The highest BCUT2D eigenvalue weighted by Crippen LogP contribution is 2.44. The lowest BCUT2D eigenvalue weighted by atomic mass is 9.81. The molecule has 0 fully saturated rings. The van der Waals surface area contributed by atoms with Crippen LogP contribution >= 0.6 is 0 Å². The van der Waals surface area contributed by atoms with Crippen molar-refractivity contribution in [3.05, 3.63) is 95.5 Å². The van der Waals surface area contributed by atoms with Crippen LogP contribution in [0, 0.1) is 0 Å². The first-order chi connectivity index (χ1) is 26.7. The zero-order chi connectivity index (χ0) is 40.4.